The number of anilines is 1. The molecule has 106 valence electrons. The van der Waals surface area contributed by atoms with Crippen LogP contribution in [-0.2, 0) is 0 Å². The van der Waals surface area contributed by atoms with Crippen molar-refractivity contribution in [3.05, 3.63) is 18.1 Å². The number of carbonyl (C=O) groups excluding carboxylic acids is 1. The first-order valence-corrected chi connectivity index (χ1v) is 6.42. The maximum Gasteiger partial charge on any atom is 0.268 e. The minimum Gasteiger partial charge on any atom is -0.367 e. The molecule has 3 N–H and O–H groups in total. The van der Waals surface area contributed by atoms with Crippen LogP contribution in [0.25, 0.3) is 0 Å². The lowest BCUT2D eigenvalue weighted by Gasteiger charge is -2.26. The number of carbonyl (C=O) groups is 1. The molecule has 0 aromatic carbocycles. The molecular formula is C13H23N5O. The molecule has 0 radical (unpaired) electrons. The quantitative estimate of drug-likeness (QED) is 0.767. The van der Waals surface area contributed by atoms with Crippen molar-refractivity contribution < 1.29 is 4.79 Å². The van der Waals surface area contributed by atoms with Gasteiger partial charge in [-0.1, -0.05) is 13.8 Å². The number of nitrogens with two attached hydrogens (primary N) is 1. The van der Waals surface area contributed by atoms with Crippen molar-refractivity contribution in [2.45, 2.75) is 26.3 Å². The fourth-order valence-corrected chi connectivity index (χ4v) is 1.81. The Morgan fingerprint density at radius 1 is 1.42 bits per heavy atom. The van der Waals surface area contributed by atoms with Gasteiger partial charge in [0.2, 0.25) is 0 Å². The van der Waals surface area contributed by atoms with Crippen LogP contribution in [0.5, 0.6) is 0 Å². The van der Waals surface area contributed by atoms with E-state index in [1.165, 1.54) is 6.20 Å². The van der Waals surface area contributed by atoms with Gasteiger partial charge in [-0.05, 0) is 26.4 Å². The molecule has 0 bridgehead atoms. The van der Waals surface area contributed by atoms with E-state index in [1.54, 1.807) is 6.20 Å². The third-order valence-corrected chi connectivity index (χ3v) is 2.88. The highest BCUT2D eigenvalue weighted by Crippen LogP contribution is 2.10. The molecule has 1 atom stereocenters. The van der Waals surface area contributed by atoms with Gasteiger partial charge in [-0.3, -0.25) is 9.78 Å². The zero-order chi connectivity index (χ0) is 14.4. The SMILES string of the molecule is CC(C)CC(CNc1cncc(C(N)=O)n1)N(C)C. The van der Waals surface area contributed by atoms with Gasteiger partial charge in [-0.25, -0.2) is 4.98 Å². The predicted octanol–water partition coefficient (Wildman–Crippen LogP) is 0.964. The Morgan fingerprint density at radius 3 is 2.63 bits per heavy atom. The van der Waals surface area contributed by atoms with Crippen LogP contribution in [0.4, 0.5) is 5.82 Å². The molecule has 0 aliphatic carbocycles. The van der Waals surface area contributed by atoms with Crippen molar-refractivity contribution in [1.82, 2.24) is 14.9 Å². The molecule has 0 saturated carbocycles. The summed E-state index contributed by atoms with van der Waals surface area (Å²) in [5.74, 6) is 0.631. The van der Waals surface area contributed by atoms with E-state index in [9.17, 15) is 4.79 Å². The topological polar surface area (TPSA) is 84.1 Å². The minimum atomic E-state index is -0.567. The van der Waals surface area contributed by atoms with Gasteiger partial charge in [-0.2, -0.15) is 0 Å². The third kappa shape index (κ3) is 5.21. The van der Waals surface area contributed by atoms with Crippen molar-refractivity contribution in [3.63, 3.8) is 0 Å². The molecule has 1 unspecified atom stereocenters. The summed E-state index contributed by atoms with van der Waals surface area (Å²) < 4.78 is 0. The van der Waals surface area contributed by atoms with E-state index < -0.39 is 5.91 Å². The van der Waals surface area contributed by atoms with Crippen LogP contribution in [0.3, 0.4) is 0 Å². The van der Waals surface area contributed by atoms with Gasteiger partial charge in [0.05, 0.1) is 12.4 Å². The van der Waals surface area contributed by atoms with Gasteiger partial charge < -0.3 is 16.0 Å². The summed E-state index contributed by atoms with van der Waals surface area (Å²) in [6, 6.07) is 0.402. The van der Waals surface area contributed by atoms with Gasteiger partial charge in [0.25, 0.3) is 5.91 Å². The van der Waals surface area contributed by atoms with Crippen molar-refractivity contribution >= 4 is 11.7 Å². The zero-order valence-corrected chi connectivity index (χ0v) is 12.1. The minimum absolute atomic E-state index is 0.176. The van der Waals surface area contributed by atoms with Gasteiger partial charge >= 0.3 is 0 Å². The highest BCUT2D eigenvalue weighted by molar-refractivity contribution is 5.90. The Balaban J connectivity index is 2.63. The largest absolute Gasteiger partial charge is 0.367 e. The second-order valence-corrected chi connectivity index (χ2v) is 5.28. The summed E-state index contributed by atoms with van der Waals surface area (Å²) >= 11 is 0. The number of aromatic nitrogens is 2. The van der Waals surface area contributed by atoms with E-state index in [1.807, 2.05) is 0 Å². The summed E-state index contributed by atoms with van der Waals surface area (Å²) in [6.07, 6.45) is 4.04. The average Bonchev–Trinajstić information content (AvgIpc) is 2.34. The van der Waals surface area contributed by atoms with Crippen LogP contribution in [0.1, 0.15) is 30.8 Å². The number of nitrogens with one attached hydrogen (secondary N) is 1. The van der Waals surface area contributed by atoms with Crippen LogP contribution >= 0.6 is 0 Å². The Hall–Kier alpha value is -1.69. The molecular weight excluding hydrogens is 242 g/mol. The number of nitrogens with zero attached hydrogens (tertiary/aromatic N) is 3. The molecule has 1 heterocycles. The average molecular weight is 265 g/mol. The maximum absolute atomic E-state index is 11.0. The van der Waals surface area contributed by atoms with Crippen molar-refractivity contribution in [3.8, 4) is 0 Å². The molecule has 0 aliphatic heterocycles. The van der Waals surface area contributed by atoms with E-state index in [-0.39, 0.29) is 5.69 Å². The molecule has 1 aromatic heterocycles. The maximum atomic E-state index is 11.0. The lowest BCUT2D eigenvalue weighted by molar-refractivity contribution is 0.0995. The molecule has 1 amide bonds. The van der Waals surface area contributed by atoms with Crippen LogP contribution in [-0.4, -0.2) is 47.5 Å². The molecule has 0 saturated heterocycles. The lowest BCUT2D eigenvalue weighted by atomic mass is 10.0. The number of amides is 1. The number of rotatable bonds is 7. The molecule has 0 spiro atoms. The number of hydrogen-bond acceptors (Lipinski definition) is 5. The third-order valence-electron chi connectivity index (χ3n) is 2.88. The smallest absolute Gasteiger partial charge is 0.268 e. The summed E-state index contributed by atoms with van der Waals surface area (Å²) in [4.78, 5) is 21.3. The van der Waals surface area contributed by atoms with Gasteiger partial charge in [-0.15, -0.1) is 0 Å². The van der Waals surface area contributed by atoms with E-state index in [0.29, 0.717) is 17.8 Å². The Bertz CT molecular complexity index is 419. The van der Waals surface area contributed by atoms with Crippen molar-refractivity contribution in [2.75, 3.05) is 26.0 Å². The highest BCUT2D eigenvalue weighted by atomic mass is 16.1. The lowest BCUT2D eigenvalue weighted by Crippen LogP contribution is -2.35. The second kappa shape index (κ2) is 7.04. The monoisotopic (exact) mass is 265 g/mol. The molecule has 0 aliphatic rings. The van der Waals surface area contributed by atoms with Crippen LogP contribution in [0.2, 0.25) is 0 Å². The second-order valence-electron chi connectivity index (χ2n) is 5.28. The van der Waals surface area contributed by atoms with Crippen molar-refractivity contribution in [1.29, 1.82) is 0 Å². The molecule has 6 nitrogen and oxygen atoms in total. The first-order chi connectivity index (χ1) is 8.90. The van der Waals surface area contributed by atoms with Gasteiger partial charge in [0.15, 0.2) is 0 Å². The number of likely N-dealkylation sites (N-methyl/N-ethyl adjacent to an activating group) is 1. The Kier molecular flexibility index (Phi) is 5.69. The fraction of sp³-hybridized carbons (Fsp3) is 0.615. The number of primary amides is 1. The summed E-state index contributed by atoms with van der Waals surface area (Å²) in [7, 11) is 4.11. The fourth-order valence-electron chi connectivity index (χ4n) is 1.81. The molecule has 19 heavy (non-hydrogen) atoms. The summed E-state index contributed by atoms with van der Waals surface area (Å²) in [6.45, 7) is 5.15. The van der Waals surface area contributed by atoms with E-state index in [2.05, 4.69) is 48.1 Å². The first kappa shape index (κ1) is 15.4. The molecule has 0 fully saturated rings. The normalized spacial score (nSPS) is 12.7. The Labute approximate surface area is 114 Å². The van der Waals surface area contributed by atoms with Crippen LogP contribution < -0.4 is 11.1 Å². The number of hydrogen-bond donors (Lipinski definition) is 2. The molecule has 1 rings (SSSR count). The van der Waals surface area contributed by atoms with Crippen LogP contribution in [0, 0.1) is 5.92 Å². The van der Waals surface area contributed by atoms with Gasteiger partial charge in [0.1, 0.15) is 11.5 Å². The first-order valence-electron chi connectivity index (χ1n) is 6.42. The zero-order valence-electron chi connectivity index (χ0n) is 12.1. The van der Waals surface area contributed by atoms with Crippen molar-refractivity contribution in [2.24, 2.45) is 11.7 Å². The molecule has 1 aromatic rings. The van der Waals surface area contributed by atoms with E-state index >= 15 is 0 Å². The van der Waals surface area contributed by atoms with E-state index in [4.69, 9.17) is 5.73 Å². The summed E-state index contributed by atoms with van der Waals surface area (Å²) in [5, 5.41) is 3.20. The van der Waals surface area contributed by atoms with Crippen LogP contribution in [0.15, 0.2) is 12.4 Å². The van der Waals surface area contributed by atoms with E-state index in [0.717, 1.165) is 13.0 Å². The highest BCUT2D eigenvalue weighted by Gasteiger charge is 2.13. The summed E-state index contributed by atoms with van der Waals surface area (Å²) in [5.41, 5.74) is 5.35. The predicted molar refractivity (Wildman–Crippen MR) is 76.0 cm³/mol. The standard InChI is InChI=1S/C13H23N5O/c1-9(2)5-10(18(3)4)6-16-12-8-15-7-11(17-12)13(14)19/h7-10H,5-6H2,1-4H3,(H2,14,19)(H,16,17). The molecule has 6 heteroatoms. The Morgan fingerprint density at radius 2 is 2.11 bits per heavy atom. The van der Waals surface area contributed by atoms with Gasteiger partial charge in [0, 0.05) is 12.6 Å².